The van der Waals surface area contributed by atoms with E-state index in [4.69, 9.17) is 0 Å². The summed E-state index contributed by atoms with van der Waals surface area (Å²) in [4.78, 5) is 38.7. The van der Waals surface area contributed by atoms with Crippen molar-refractivity contribution in [1.82, 2.24) is 16.2 Å². The van der Waals surface area contributed by atoms with E-state index in [0.29, 0.717) is 17.0 Å². The number of nitrogens with one attached hydrogen (secondary N) is 4. The van der Waals surface area contributed by atoms with Crippen LogP contribution in [0.25, 0.3) is 0 Å². The van der Waals surface area contributed by atoms with Crippen molar-refractivity contribution in [1.29, 1.82) is 0 Å². The van der Waals surface area contributed by atoms with Crippen LogP contribution in [0.15, 0.2) is 47.5 Å². The second kappa shape index (κ2) is 6.50. The summed E-state index contributed by atoms with van der Waals surface area (Å²) in [5.41, 5.74) is 7.66. The molecular formula is C17H14N6O4. The third-order valence-electron chi connectivity index (χ3n) is 4.27. The second-order valence-corrected chi connectivity index (χ2v) is 5.96. The number of non-ortho nitro benzene ring substituents is 1. The number of benzene rings is 2. The Balaban J connectivity index is 1.46. The van der Waals surface area contributed by atoms with Crippen LogP contribution in [0.4, 0.5) is 11.4 Å². The summed E-state index contributed by atoms with van der Waals surface area (Å²) in [6.07, 6.45) is -0.443. The summed E-state index contributed by atoms with van der Waals surface area (Å²) < 4.78 is 0. The van der Waals surface area contributed by atoms with Crippen LogP contribution in [0.1, 0.15) is 32.4 Å². The van der Waals surface area contributed by atoms with E-state index in [2.05, 4.69) is 26.5 Å². The molecule has 10 heteroatoms. The average Bonchev–Trinajstić information content (AvgIpc) is 2.69. The minimum atomic E-state index is -0.524. The molecule has 0 saturated heterocycles. The molecule has 27 heavy (non-hydrogen) atoms. The van der Waals surface area contributed by atoms with Gasteiger partial charge < -0.3 is 10.6 Å². The van der Waals surface area contributed by atoms with E-state index in [1.807, 2.05) is 6.07 Å². The van der Waals surface area contributed by atoms with E-state index < -0.39 is 11.1 Å². The number of carbonyl (C=O) groups is 2. The van der Waals surface area contributed by atoms with E-state index in [1.165, 1.54) is 24.3 Å². The minimum Gasteiger partial charge on any atom is -0.345 e. The quantitative estimate of drug-likeness (QED) is 0.472. The molecule has 0 aliphatic carbocycles. The van der Waals surface area contributed by atoms with E-state index in [-0.39, 0.29) is 24.0 Å². The Bertz CT molecular complexity index is 985. The molecule has 2 heterocycles. The fraction of sp³-hybridized carbons (Fsp3) is 0.118. The van der Waals surface area contributed by atoms with E-state index in [1.54, 1.807) is 12.1 Å². The highest BCUT2D eigenvalue weighted by Crippen LogP contribution is 2.32. The molecule has 0 radical (unpaired) electrons. The number of aliphatic imine (C=N–C) groups is 1. The summed E-state index contributed by atoms with van der Waals surface area (Å²) in [5, 5.41) is 16.5. The van der Waals surface area contributed by atoms with Crippen molar-refractivity contribution >= 4 is 29.0 Å². The number of hydrogen-bond acceptors (Lipinski definition) is 7. The van der Waals surface area contributed by atoms with Crippen molar-refractivity contribution < 1.29 is 14.5 Å². The number of hydrogen-bond donors (Lipinski definition) is 4. The van der Waals surface area contributed by atoms with Gasteiger partial charge in [-0.3, -0.25) is 25.1 Å². The van der Waals surface area contributed by atoms with Crippen LogP contribution in [0.5, 0.6) is 0 Å². The van der Waals surface area contributed by atoms with Crippen molar-refractivity contribution in [2.75, 3.05) is 11.9 Å². The Morgan fingerprint density at radius 1 is 1.22 bits per heavy atom. The zero-order valence-electron chi connectivity index (χ0n) is 13.9. The number of anilines is 1. The molecule has 0 aromatic heterocycles. The van der Waals surface area contributed by atoms with Gasteiger partial charge in [0.2, 0.25) is 0 Å². The third kappa shape index (κ3) is 3.09. The average molecular weight is 366 g/mol. The first-order chi connectivity index (χ1) is 13.0. The maximum absolute atomic E-state index is 12.2. The van der Waals surface area contributed by atoms with Gasteiger partial charge in [0.15, 0.2) is 0 Å². The summed E-state index contributed by atoms with van der Waals surface area (Å²) in [6, 6.07) is 10.7. The highest BCUT2D eigenvalue weighted by molar-refractivity contribution is 6.06. The molecule has 2 aromatic carbocycles. The normalized spacial score (nSPS) is 17.1. The number of nitrogens with zero attached hydrogens (tertiary/aromatic N) is 2. The zero-order chi connectivity index (χ0) is 19.0. The Morgan fingerprint density at radius 3 is 2.74 bits per heavy atom. The molecule has 2 aliphatic heterocycles. The second-order valence-electron chi connectivity index (χ2n) is 5.96. The van der Waals surface area contributed by atoms with E-state index in [0.717, 1.165) is 11.3 Å². The standard InChI is InChI=1S/C17H14N6O4/c24-16(9-4-6-10(7-5-9)23(26)27)18-8-13-19-12-3-1-2-11-14(12)15(20-13)21-22-17(11)25/h1-7,15,21H,8H2,(H,18,24)(H,19,20)(H,22,25). The van der Waals surface area contributed by atoms with Gasteiger partial charge >= 0.3 is 0 Å². The Labute approximate surface area is 152 Å². The van der Waals surface area contributed by atoms with Crippen LogP contribution in [0, 0.1) is 10.1 Å². The number of nitro benzene ring substituents is 1. The maximum Gasteiger partial charge on any atom is 0.269 e. The molecule has 2 amide bonds. The predicted octanol–water partition coefficient (Wildman–Crippen LogP) is 1.10. The molecule has 0 spiro atoms. The lowest BCUT2D eigenvalue weighted by Crippen LogP contribution is -2.47. The van der Waals surface area contributed by atoms with Gasteiger partial charge in [0.1, 0.15) is 12.0 Å². The molecule has 0 saturated carbocycles. The van der Waals surface area contributed by atoms with E-state index in [9.17, 15) is 19.7 Å². The molecule has 4 N–H and O–H groups in total. The first-order valence-electron chi connectivity index (χ1n) is 8.08. The highest BCUT2D eigenvalue weighted by atomic mass is 16.6. The molecule has 10 nitrogen and oxygen atoms in total. The molecule has 1 atom stereocenters. The van der Waals surface area contributed by atoms with E-state index >= 15 is 0 Å². The lowest BCUT2D eigenvalue weighted by Gasteiger charge is -2.31. The molecule has 0 bridgehead atoms. The molecule has 0 fully saturated rings. The van der Waals surface area contributed by atoms with Gasteiger partial charge in [-0.25, -0.2) is 10.4 Å². The first kappa shape index (κ1) is 16.7. The van der Waals surface area contributed by atoms with Crippen LogP contribution >= 0.6 is 0 Å². The lowest BCUT2D eigenvalue weighted by molar-refractivity contribution is -0.384. The number of amidine groups is 1. The third-order valence-corrected chi connectivity index (χ3v) is 4.27. The smallest absolute Gasteiger partial charge is 0.269 e. The van der Waals surface area contributed by atoms with Crippen LogP contribution in [-0.4, -0.2) is 29.1 Å². The first-order valence-corrected chi connectivity index (χ1v) is 8.08. The van der Waals surface area contributed by atoms with Gasteiger partial charge in [-0.05, 0) is 24.3 Å². The number of rotatable bonds is 4. The maximum atomic E-state index is 12.2. The summed E-state index contributed by atoms with van der Waals surface area (Å²) >= 11 is 0. The fourth-order valence-corrected chi connectivity index (χ4v) is 2.97. The fourth-order valence-electron chi connectivity index (χ4n) is 2.97. The van der Waals surface area contributed by atoms with Crippen molar-refractivity contribution in [3.8, 4) is 0 Å². The van der Waals surface area contributed by atoms with Crippen molar-refractivity contribution in [3.63, 3.8) is 0 Å². The largest absolute Gasteiger partial charge is 0.345 e. The molecule has 4 rings (SSSR count). The summed E-state index contributed by atoms with van der Waals surface area (Å²) in [6.45, 7) is 0.131. The molecule has 2 aromatic rings. The van der Waals surface area contributed by atoms with Gasteiger partial charge in [0, 0.05) is 34.5 Å². The zero-order valence-corrected chi connectivity index (χ0v) is 13.9. The molecule has 2 aliphatic rings. The number of hydrazine groups is 1. The van der Waals surface area contributed by atoms with Crippen molar-refractivity contribution in [3.05, 3.63) is 69.3 Å². The SMILES string of the molecule is O=C(NCC1=NC2NNC(=O)c3cccc(c32)N1)c1ccc([N+](=O)[O-])cc1. The number of nitro groups is 1. The van der Waals surface area contributed by atoms with Gasteiger partial charge in [0.05, 0.1) is 11.5 Å². The molecule has 1 unspecified atom stereocenters. The van der Waals surface area contributed by atoms with Gasteiger partial charge in [0.25, 0.3) is 17.5 Å². The lowest BCUT2D eigenvalue weighted by atomic mass is 9.99. The Morgan fingerprint density at radius 2 is 2.00 bits per heavy atom. The van der Waals surface area contributed by atoms with Gasteiger partial charge in [-0.2, -0.15) is 0 Å². The number of carbonyl (C=O) groups excluding carboxylic acids is 2. The Kier molecular flexibility index (Phi) is 4.01. The summed E-state index contributed by atoms with van der Waals surface area (Å²) in [5.74, 6) is -0.0857. The monoisotopic (exact) mass is 366 g/mol. The van der Waals surface area contributed by atoms with Gasteiger partial charge in [-0.1, -0.05) is 6.07 Å². The minimum absolute atomic E-state index is 0.0808. The van der Waals surface area contributed by atoms with Crippen molar-refractivity contribution in [2.24, 2.45) is 4.99 Å². The number of amides is 2. The van der Waals surface area contributed by atoms with Crippen LogP contribution in [-0.2, 0) is 0 Å². The molecular weight excluding hydrogens is 352 g/mol. The Hall–Kier alpha value is -3.79. The van der Waals surface area contributed by atoms with Gasteiger partial charge in [-0.15, -0.1) is 0 Å². The molecule has 136 valence electrons. The van der Waals surface area contributed by atoms with Crippen LogP contribution < -0.4 is 21.5 Å². The van der Waals surface area contributed by atoms with Crippen LogP contribution in [0.2, 0.25) is 0 Å². The summed E-state index contributed by atoms with van der Waals surface area (Å²) in [7, 11) is 0. The topological polar surface area (TPSA) is 138 Å². The predicted molar refractivity (Wildman–Crippen MR) is 96.3 cm³/mol. The van der Waals surface area contributed by atoms with Crippen LogP contribution in [0.3, 0.4) is 0 Å². The highest BCUT2D eigenvalue weighted by Gasteiger charge is 2.30. The van der Waals surface area contributed by atoms with Crippen molar-refractivity contribution in [2.45, 2.75) is 6.17 Å².